The van der Waals surface area contributed by atoms with Gasteiger partial charge in [-0.3, -0.25) is 0 Å². The molecule has 2 saturated carbocycles. The Morgan fingerprint density at radius 3 is 2.22 bits per heavy atom. The zero-order chi connectivity index (χ0) is 6.43. The Labute approximate surface area is 60.0 Å². The second kappa shape index (κ2) is 1.86. The van der Waals surface area contributed by atoms with Crippen molar-refractivity contribution >= 4 is 11.6 Å². The predicted molar refractivity (Wildman–Crippen MR) is 36.5 cm³/mol. The van der Waals surface area contributed by atoms with Gasteiger partial charge in [-0.25, -0.2) is 0 Å². The van der Waals surface area contributed by atoms with Crippen molar-refractivity contribution in [3.63, 3.8) is 0 Å². The summed E-state index contributed by atoms with van der Waals surface area (Å²) in [4.78, 5) is 0. The molecular formula is C7H11ClO. The first kappa shape index (κ1) is 5.99. The summed E-state index contributed by atoms with van der Waals surface area (Å²) >= 11 is 5.91. The van der Waals surface area contributed by atoms with Gasteiger partial charge in [0.25, 0.3) is 0 Å². The third-order valence-electron chi connectivity index (χ3n) is 2.77. The normalized spacial score (nSPS) is 56.7. The third-order valence-corrected chi connectivity index (χ3v) is 3.39. The summed E-state index contributed by atoms with van der Waals surface area (Å²) in [5.41, 5.74) is 0. The van der Waals surface area contributed by atoms with E-state index < -0.39 is 0 Å². The van der Waals surface area contributed by atoms with Crippen LogP contribution in [-0.4, -0.2) is 16.6 Å². The second-order valence-electron chi connectivity index (χ2n) is 3.27. The number of aliphatic hydroxyl groups excluding tert-OH is 1. The lowest BCUT2D eigenvalue weighted by Crippen LogP contribution is -2.27. The van der Waals surface area contributed by atoms with Crippen LogP contribution in [-0.2, 0) is 0 Å². The van der Waals surface area contributed by atoms with Gasteiger partial charge < -0.3 is 5.11 Å². The summed E-state index contributed by atoms with van der Waals surface area (Å²) in [6.07, 6.45) is 3.44. The van der Waals surface area contributed by atoms with E-state index in [4.69, 9.17) is 11.6 Å². The first-order valence-corrected chi connectivity index (χ1v) is 4.05. The maximum absolute atomic E-state index is 9.36. The van der Waals surface area contributed by atoms with Gasteiger partial charge in [0.15, 0.2) is 0 Å². The zero-order valence-electron chi connectivity index (χ0n) is 5.26. The summed E-state index contributed by atoms with van der Waals surface area (Å²) in [6.45, 7) is 0. The van der Waals surface area contributed by atoms with Gasteiger partial charge in [0.1, 0.15) is 0 Å². The van der Waals surface area contributed by atoms with Gasteiger partial charge in [0, 0.05) is 0 Å². The highest BCUT2D eigenvalue weighted by Crippen LogP contribution is 2.46. The van der Waals surface area contributed by atoms with Crippen molar-refractivity contribution in [3.8, 4) is 0 Å². The zero-order valence-corrected chi connectivity index (χ0v) is 6.01. The lowest BCUT2D eigenvalue weighted by atomic mass is 9.97. The van der Waals surface area contributed by atoms with E-state index in [1.807, 2.05) is 0 Å². The molecule has 0 aromatic rings. The Kier molecular flexibility index (Phi) is 1.24. The van der Waals surface area contributed by atoms with Crippen molar-refractivity contribution < 1.29 is 5.11 Å². The van der Waals surface area contributed by atoms with Crippen LogP contribution in [0.1, 0.15) is 19.3 Å². The standard InChI is InChI=1S/C7H11ClO/c8-6-4-1-2-5(3-4)7(6)9/h4-7,9H,1-3H2/t4-,5+,6-,7+/m1/s1. The minimum Gasteiger partial charge on any atom is -0.391 e. The minimum atomic E-state index is -0.189. The summed E-state index contributed by atoms with van der Waals surface area (Å²) in [7, 11) is 0. The van der Waals surface area contributed by atoms with Crippen molar-refractivity contribution in [3.05, 3.63) is 0 Å². The molecule has 0 aromatic carbocycles. The maximum atomic E-state index is 9.36. The van der Waals surface area contributed by atoms with Crippen LogP contribution in [0.15, 0.2) is 0 Å². The smallest absolute Gasteiger partial charge is 0.0734 e. The van der Waals surface area contributed by atoms with Crippen LogP contribution in [0.2, 0.25) is 0 Å². The number of hydrogen-bond acceptors (Lipinski definition) is 1. The van der Waals surface area contributed by atoms with Gasteiger partial charge >= 0.3 is 0 Å². The monoisotopic (exact) mass is 146 g/mol. The lowest BCUT2D eigenvalue weighted by molar-refractivity contribution is 0.117. The number of hydrogen-bond donors (Lipinski definition) is 1. The van der Waals surface area contributed by atoms with Gasteiger partial charge in [0.05, 0.1) is 11.5 Å². The van der Waals surface area contributed by atoms with E-state index in [9.17, 15) is 5.11 Å². The number of rotatable bonds is 0. The van der Waals surface area contributed by atoms with Crippen LogP contribution in [0, 0.1) is 11.8 Å². The van der Waals surface area contributed by atoms with Gasteiger partial charge in [-0.1, -0.05) is 0 Å². The van der Waals surface area contributed by atoms with E-state index in [0.29, 0.717) is 11.8 Å². The molecule has 2 rings (SSSR count). The molecule has 0 spiro atoms. The molecule has 2 aliphatic carbocycles. The molecular weight excluding hydrogens is 136 g/mol. The predicted octanol–water partition coefficient (Wildman–Crippen LogP) is 1.38. The average Bonchev–Trinajstić information content (AvgIpc) is 2.37. The van der Waals surface area contributed by atoms with E-state index in [1.54, 1.807) is 0 Å². The van der Waals surface area contributed by atoms with Crippen LogP contribution in [0.5, 0.6) is 0 Å². The first-order chi connectivity index (χ1) is 4.29. The number of halogens is 1. The molecule has 4 atom stereocenters. The molecule has 0 aliphatic heterocycles. The number of fused-ring (bicyclic) bond motifs is 2. The van der Waals surface area contributed by atoms with Gasteiger partial charge in [-0.2, -0.15) is 0 Å². The van der Waals surface area contributed by atoms with Crippen molar-refractivity contribution in [2.75, 3.05) is 0 Å². The van der Waals surface area contributed by atoms with Crippen LogP contribution >= 0.6 is 11.6 Å². The van der Waals surface area contributed by atoms with Crippen LogP contribution < -0.4 is 0 Å². The highest BCUT2D eigenvalue weighted by Gasteiger charge is 2.45. The van der Waals surface area contributed by atoms with Crippen molar-refractivity contribution in [1.29, 1.82) is 0 Å². The molecule has 9 heavy (non-hydrogen) atoms. The molecule has 0 radical (unpaired) electrons. The highest BCUT2D eigenvalue weighted by molar-refractivity contribution is 6.21. The Balaban J connectivity index is 2.15. The number of aliphatic hydroxyl groups is 1. The van der Waals surface area contributed by atoms with Crippen LogP contribution in [0.3, 0.4) is 0 Å². The van der Waals surface area contributed by atoms with Crippen molar-refractivity contribution in [2.24, 2.45) is 11.8 Å². The molecule has 0 unspecified atom stereocenters. The summed E-state index contributed by atoms with van der Waals surface area (Å²) in [5.74, 6) is 1.17. The Bertz CT molecular complexity index is 108. The van der Waals surface area contributed by atoms with Crippen molar-refractivity contribution in [2.45, 2.75) is 30.7 Å². The average molecular weight is 147 g/mol. The molecule has 2 heteroatoms. The molecule has 0 amide bonds. The molecule has 0 saturated heterocycles. The Morgan fingerprint density at radius 2 is 1.89 bits per heavy atom. The topological polar surface area (TPSA) is 20.2 Å². The first-order valence-electron chi connectivity index (χ1n) is 3.61. The van der Waals surface area contributed by atoms with Gasteiger partial charge in [-0.05, 0) is 31.1 Å². The fraction of sp³-hybridized carbons (Fsp3) is 1.00. The summed E-state index contributed by atoms with van der Waals surface area (Å²) < 4.78 is 0. The fourth-order valence-electron chi connectivity index (χ4n) is 2.19. The fourth-order valence-corrected chi connectivity index (χ4v) is 2.63. The summed E-state index contributed by atoms with van der Waals surface area (Å²) in [6, 6.07) is 0. The maximum Gasteiger partial charge on any atom is 0.0734 e. The van der Waals surface area contributed by atoms with Gasteiger partial charge in [0.2, 0.25) is 0 Å². The quantitative estimate of drug-likeness (QED) is 0.512. The SMILES string of the molecule is O[C@H]1[C@H]2CC[C@H](C2)[C@H]1Cl. The second-order valence-corrected chi connectivity index (χ2v) is 3.77. The van der Waals surface area contributed by atoms with Crippen molar-refractivity contribution in [1.82, 2.24) is 0 Å². The Morgan fingerprint density at radius 1 is 1.22 bits per heavy atom. The minimum absolute atomic E-state index is 0.0729. The van der Waals surface area contributed by atoms with E-state index in [0.717, 1.165) is 0 Å². The molecule has 0 heterocycles. The van der Waals surface area contributed by atoms with Gasteiger partial charge in [-0.15, -0.1) is 11.6 Å². The Hall–Kier alpha value is 0.250. The molecule has 0 aromatic heterocycles. The highest BCUT2D eigenvalue weighted by atomic mass is 35.5. The molecule has 1 nitrogen and oxygen atoms in total. The van der Waals surface area contributed by atoms with E-state index in [2.05, 4.69) is 0 Å². The van der Waals surface area contributed by atoms with E-state index in [1.165, 1.54) is 19.3 Å². The molecule has 2 aliphatic rings. The molecule has 2 fully saturated rings. The molecule has 2 bridgehead atoms. The van der Waals surface area contributed by atoms with Crippen LogP contribution in [0.25, 0.3) is 0 Å². The largest absolute Gasteiger partial charge is 0.391 e. The van der Waals surface area contributed by atoms with E-state index in [-0.39, 0.29) is 11.5 Å². The molecule has 1 N–H and O–H groups in total. The third kappa shape index (κ3) is 0.714. The van der Waals surface area contributed by atoms with Crippen LogP contribution in [0.4, 0.5) is 0 Å². The summed E-state index contributed by atoms with van der Waals surface area (Å²) in [5, 5.41) is 9.43. The number of alkyl halides is 1. The van der Waals surface area contributed by atoms with E-state index >= 15 is 0 Å². The lowest BCUT2D eigenvalue weighted by Gasteiger charge is -2.20. The molecule has 52 valence electrons.